The second kappa shape index (κ2) is 5.57. The maximum Gasteiger partial charge on any atom is -0.00212 e. The van der Waals surface area contributed by atoms with E-state index in [-0.39, 0.29) is 0 Å². The van der Waals surface area contributed by atoms with Crippen LogP contribution in [0.2, 0.25) is 0 Å². The van der Waals surface area contributed by atoms with Gasteiger partial charge in [0.25, 0.3) is 0 Å². The number of hydrogen-bond donors (Lipinski definition) is 0. The van der Waals surface area contributed by atoms with Gasteiger partial charge in [-0.15, -0.1) is 0 Å². The zero-order chi connectivity index (χ0) is 14.8. The summed E-state index contributed by atoms with van der Waals surface area (Å²) in [7, 11) is 0. The second-order valence-electron chi connectivity index (χ2n) is 5.56. The van der Waals surface area contributed by atoms with Gasteiger partial charge in [0, 0.05) is 0 Å². The van der Waals surface area contributed by atoms with E-state index in [1.165, 1.54) is 39.0 Å². The normalized spacial score (nSPS) is 16.1. The molecule has 0 aliphatic heterocycles. The predicted molar refractivity (Wildman–Crippen MR) is 91.8 cm³/mol. The Morgan fingerprint density at radius 2 is 1.19 bits per heavy atom. The molecule has 0 unspecified atom stereocenters. The Morgan fingerprint density at radius 3 is 1.62 bits per heavy atom. The minimum absolute atomic E-state index is 1.30. The summed E-state index contributed by atoms with van der Waals surface area (Å²) in [5.41, 5.74) is 9.52. The molecule has 0 radical (unpaired) electrons. The summed E-state index contributed by atoms with van der Waals surface area (Å²) < 4.78 is 0. The second-order valence-corrected chi connectivity index (χ2v) is 5.56. The molecule has 0 heteroatoms. The lowest BCUT2D eigenvalue weighted by molar-refractivity contribution is 1.28. The van der Waals surface area contributed by atoms with Crippen LogP contribution in [0.5, 0.6) is 0 Å². The van der Waals surface area contributed by atoms with E-state index < -0.39 is 0 Å². The van der Waals surface area contributed by atoms with Crippen LogP contribution in [-0.2, 0) is 0 Å². The fourth-order valence-corrected chi connectivity index (χ4v) is 3.06. The van der Waals surface area contributed by atoms with Crippen LogP contribution < -0.4 is 0 Å². The van der Waals surface area contributed by atoms with Crippen molar-refractivity contribution in [2.24, 2.45) is 0 Å². The molecule has 0 fully saturated rings. The van der Waals surface area contributed by atoms with Gasteiger partial charge >= 0.3 is 0 Å². The maximum atomic E-state index is 2.23. The molecule has 2 aromatic rings. The highest BCUT2D eigenvalue weighted by molar-refractivity contribution is 6.18. The topological polar surface area (TPSA) is 0 Å². The highest BCUT2D eigenvalue weighted by Gasteiger charge is 2.31. The molecule has 0 amide bonds. The van der Waals surface area contributed by atoms with Gasteiger partial charge in [0.1, 0.15) is 0 Å². The number of benzene rings is 2. The molecular weight excluding hydrogens is 252 g/mol. The van der Waals surface area contributed by atoms with E-state index in [1.54, 1.807) is 0 Å². The van der Waals surface area contributed by atoms with Crippen LogP contribution in [0.25, 0.3) is 11.1 Å². The summed E-state index contributed by atoms with van der Waals surface area (Å²) in [6.07, 6.45) is 2.23. The highest BCUT2D eigenvalue weighted by atomic mass is 14.3. The van der Waals surface area contributed by atoms with Crippen molar-refractivity contribution in [1.82, 2.24) is 0 Å². The van der Waals surface area contributed by atoms with Crippen molar-refractivity contribution in [1.29, 1.82) is 0 Å². The summed E-state index contributed by atoms with van der Waals surface area (Å²) in [4.78, 5) is 0. The average molecular weight is 272 g/mol. The van der Waals surface area contributed by atoms with E-state index in [4.69, 9.17) is 0 Å². The minimum atomic E-state index is 1.30. The van der Waals surface area contributed by atoms with Gasteiger partial charge in [0.2, 0.25) is 0 Å². The third kappa shape index (κ3) is 2.27. The monoisotopic (exact) mass is 272 g/mol. The van der Waals surface area contributed by atoms with Gasteiger partial charge in [0.15, 0.2) is 0 Å². The first-order valence-corrected chi connectivity index (χ1v) is 7.44. The van der Waals surface area contributed by atoms with Crippen LogP contribution in [0.15, 0.2) is 83.5 Å². The number of hydrogen-bond acceptors (Lipinski definition) is 0. The Balaban J connectivity index is 2.29. The van der Waals surface area contributed by atoms with Crippen molar-refractivity contribution >= 4 is 11.1 Å². The molecule has 104 valence electrons. The Labute approximate surface area is 127 Å². The fourth-order valence-electron chi connectivity index (χ4n) is 3.06. The van der Waals surface area contributed by atoms with Crippen molar-refractivity contribution in [3.8, 4) is 0 Å². The smallest absolute Gasteiger partial charge is 0.00212 e. The molecule has 0 saturated heterocycles. The lowest BCUT2D eigenvalue weighted by atomic mass is 9.70. The first kappa shape index (κ1) is 13.6. The summed E-state index contributed by atoms with van der Waals surface area (Å²) >= 11 is 0. The Hall–Kier alpha value is -2.34. The van der Waals surface area contributed by atoms with Crippen LogP contribution in [-0.4, -0.2) is 0 Å². The third-order valence-corrected chi connectivity index (χ3v) is 3.95. The third-order valence-electron chi connectivity index (χ3n) is 3.95. The molecule has 0 heterocycles. The van der Waals surface area contributed by atoms with Gasteiger partial charge < -0.3 is 0 Å². The van der Waals surface area contributed by atoms with Crippen LogP contribution in [0, 0.1) is 0 Å². The molecule has 0 atom stereocenters. The lowest BCUT2D eigenvalue weighted by Crippen LogP contribution is -2.12. The van der Waals surface area contributed by atoms with E-state index in [0.717, 1.165) is 0 Å². The molecule has 0 nitrogen and oxygen atoms in total. The van der Waals surface area contributed by atoms with Crippen molar-refractivity contribution in [3.05, 3.63) is 94.6 Å². The molecule has 0 aromatic heterocycles. The van der Waals surface area contributed by atoms with Crippen LogP contribution in [0.4, 0.5) is 0 Å². The van der Waals surface area contributed by atoms with E-state index in [0.29, 0.717) is 0 Å². The molecule has 0 bridgehead atoms. The lowest BCUT2D eigenvalue weighted by Gasteiger charge is -2.33. The first-order chi connectivity index (χ1) is 10.2. The largest absolute Gasteiger partial charge is 0.0791 e. The SMILES string of the molecule is C/C=C1\C(=C(C)C)C(c2ccccc2)=C1c1ccccc1. The molecule has 1 aliphatic rings. The number of rotatable bonds is 2. The Bertz CT molecular complexity index is 737. The Kier molecular flexibility index (Phi) is 3.62. The van der Waals surface area contributed by atoms with Crippen molar-refractivity contribution in [3.63, 3.8) is 0 Å². The van der Waals surface area contributed by atoms with E-state index in [2.05, 4.69) is 87.5 Å². The first-order valence-electron chi connectivity index (χ1n) is 7.44. The zero-order valence-corrected chi connectivity index (χ0v) is 12.9. The standard InChI is InChI=1S/C21H20/c1-4-18-19(15(2)3)21(17-13-9-6-10-14-17)20(18)16-11-7-5-8-12-16/h4-14H,1-3H3/b18-4+. The molecule has 0 N–H and O–H groups in total. The van der Waals surface area contributed by atoms with E-state index in [9.17, 15) is 0 Å². The molecule has 0 spiro atoms. The Morgan fingerprint density at radius 1 is 0.714 bits per heavy atom. The average Bonchev–Trinajstić information content (AvgIpc) is 2.48. The van der Waals surface area contributed by atoms with Crippen LogP contribution in [0.3, 0.4) is 0 Å². The molecule has 3 rings (SSSR count). The quantitative estimate of drug-likeness (QED) is 0.639. The van der Waals surface area contributed by atoms with Gasteiger partial charge in [-0.2, -0.15) is 0 Å². The van der Waals surface area contributed by atoms with Crippen LogP contribution in [0.1, 0.15) is 31.9 Å². The van der Waals surface area contributed by atoms with Crippen LogP contribution >= 0.6 is 0 Å². The van der Waals surface area contributed by atoms with E-state index >= 15 is 0 Å². The molecule has 0 saturated carbocycles. The number of allylic oxidation sites excluding steroid dienone is 6. The van der Waals surface area contributed by atoms with Gasteiger partial charge in [-0.05, 0) is 54.2 Å². The predicted octanol–water partition coefficient (Wildman–Crippen LogP) is 5.89. The van der Waals surface area contributed by atoms with Gasteiger partial charge in [0.05, 0.1) is 0 Å². The van der Waals surface area contributed by atoms with E-state index in [1.807, 2.05) is 0 Å². The molecular formula is C21H20. The fraction of sp³-hybridized carbons (Fsp3) is 0.143. The van der Waals surface area contributed by atoms with Gasteiger partial charge in [-0.1, -0.05) is 72.3 Å². The summed E-state index contributed by atoms with van der Waals surface area (Å²) in [6, 6.07) is 21.4. The molecule has 21 heavy (non-hydrogen) atoms. The molecule has 1 aliphatic carbocycles. The van der Waals surface area contributed by atoms with Crippen molar-refractivity contribution in [2.45, 2.75) is 20.8 Å². The van der Waals surface area contributed by atoms with Gasteiger partial charge in [-0.3, -0.25) is 0 Å². The van der Waals surface area contributed by atoms with Gasteiger partial charge in [-0.25, -0.2) is 0 Å². The van der Waals surface area contributed by atoms with Crippen molar-refractivity contribution in [2.75, 3.05) is 0 Å². The summed E-state index contributed by atoms with van der Waals surface area (Å²) in [5.74, 6) is 0. The maximum absolute atomic E-state index is 2.23. The van der Waals surface area contributed by atoms with Crippen molar-refractivity contribution < 1.29 is 0 Å². The summed E-state index contributed by atoms with van der Waals surface area (Å²) in [5, 5.41) is 0. The minimum Gasteiger partial charge on any atom is -0.0791 e. The highest BCUT2D eigenvalue weighted by Crippen LogP contribution is 2.52. The summed E-state index contributed by atoms with van der Waals surface area (Å²) in [6.45, 7) is 6.52. The zero-order valence-electron chi connectivity index (χ0n) is 12.9. The molecule has 2 aromatic carbocycles.